The van der Waals surface area contributed by atoms with Gasteiger partial charge in [-0.3, -0.25) is 0 Å². The number of hydrogen-bond donors (Lipinski definition) is 2. The molecule has 1 atom stereocenters. The second-order valence-corrected chi connectivity index (χ2v) is 7.43. The zero-order valence-corrected chi connectivity index (χ0v) is 17.6. The van der Waals surface area contributed by atoms with Crippen molar-refractivity contribution in [3.05, 3.63) is 30.0 Å². The van der Waals surface area contributed by atoms with Crippen molar-refractivity contribution in [1.82, 2.24) is 24.6 Å². The van der Waals surface area contributed by atoms with Gasteiger partial charge >= 0.3 is 6.03 Å². The molecule has 0 unspecified atom stereocenters. The topological polar surface area (TPSA) is 114 Å². The Kier molecular flexibility index (Phi) is 5.06. The highest BCUT2D eigenvalue weighted by Gasteiger charge is 2.30. The average Bonchev–Trinajstić information content (AvgIpc) is 3.01. The summed E-state index contributed by atoms with van der Waals surface area (Å²) >= 11 is 0. The van der Waals surface area contributed by atoms with Gasteiger partial charge in [-0.05, 0) is 26.0 Å². The fraction of sp³-hybridized carbons (Fsp3) is 0.400. The molecule has 158 valence electrons. The molecule has 3 heterocycles. The molecule has 0 spiro atoms. The first-order chi connectivity index (χ1) is 14.4. The molecule has 1 aliphatic heterocycles. The fourth-order valence-corrected chi connectivity index (χ4v) is 3.94. The minimum atomic E-state index is -0.157. The third-order valence-electron chi connectivity index (χ3n) is 5.39. The van der Waals surface area contributed by atoms with Crippen LogP contribution < -0.4 is 20.7 Å². The number of urea groups is 1. The summed E-state index contributed by atoms with van der Waals surface area (Å²) in [4.78, 5) is 25.6. The number of aromatic nitrogens is 4. The predicted molar refractivity (Wildman–Crippen MR) is 116 cm³/mol. The minimum Gasteiger partial charge on any atom is -0.495 e. The van der Waals surface area contributed by atoms with E-state index < -0.39 is 0 Å². The van der Waals surface area contributed by atoms with Gasteiger partial charge in [-0.15, -0.1) is 0 Å². The Hall–Kier alpha value is -3.56. The number of amides is 2. The highest BCUT2D eigenvalue weighted by Crippen LogP contribution is 2.30. The monoisotopic (exact) mass is 410 g/mol. The van der Waals surface area contributed by atoms with Gasteiger partial charge in [-0.25, -0.2) is 9.48 Å². The Morgan fingerprint density at radius 3 is 2.77 bits per heavy atom. The summed E-state index contributed by atoms with van der Waals surface area (Å²) < 4.78 is 7.04. The van der Waals surface area contributed by atoms with E-state index in [4.69, 9.17) is 10.5 Å². The number of methoxy groups -OCH3 is 1. The molecule has 1 saturated heterocycles. The molecular formula is C20H26N8O2. The summed E-state index contributed by atoms with van der Waals surface area (Å²) in [5.74, 6) is 1.60. The van der Waals surface area contributed by atoms with E-state index in [2.05, 4.69) is 32.2 Å². The Bertz CT molecular complexity index is 1100. The summed E-state index contributed by atoms with van der Waals surface area (Å²) in [6.07, 6.45) is 0. The summed E-state index contributed by atoms with van der Waals surface area (Å²) in [6, 6.07) is 7.25. The van der Waals surface area contributed by atoms with Gasteiger partial charge in [0.2, 0.25) is 5.95 Å². The molecule has 1 aliphatic rings. The van der Waals surface area contributed by atoms with Crippen LogP contribution in [0.3, 0.4) is 0 Å². The van der Waals surface area contributed by atoms with Gasteiger partial charge in [-0.1, -0.05) is 12.1 Å². The molecule has 0 aliphatic carbocycles. The number of hydrogen-bond acceptors (Lipinski definition) is 7. The summed E-state index contributed by atoms with van der Waals surface area (Å²) in [6.45, 7) is 5.73. The number of fused-ring (bicyclic) bond motifs is 1. The number of ether oxygens (including phenoxy) is 1. The molecule has 0 bridgehead atoms. The molecule has 2 aromatic heterocycles. The molecule has 1 aromatic carbocycles. The van der Waals surface area contributed by atoms with Gasteiger partial charge in [0.05, 0.1) is 23.9 Å². The largest absolute Gasteiger partial charge is 0.495 e. The third-order valence-corrected chi connectivity index (χ3v) is 5.39. The molecule has 0 saturated carbocycles. The van der Waals surface area contributed by atoms with Crippen LogP contribution in [0.15, 0.2) is 24.3 Å². The van der Waals surface area contributed by atoms with E-state index >= 15 is 0 Å². The van der Waals surface area contributed by atoms with Gasteiger partial charge in [0.25, 0.3) is 0 Å². The van der Waals surface area contributed by atoms with Crippen LogP contribution in [-0.4, -0.2) is 63.5 Å². The second-order valence-electron chi connectivity index (χ2n) is 7.43. The Labute approximate surface area is 174 Å². The number of rotatable bonds is 3. The second kappa shape index (κ2) is 7.69. The molecule has 2 amide bonds. The van der Waals surface area contributed by atoms with Crippen molar-refractivity contribution in [2.45, 2.75) is 19.9 Å². The molecule has 3 aromatic rings. The minimum absolute atomic E-state index is 0.0410. The Morgan fingerprint density at radius 1 is 1.27 bits per heavy atom. The van der Waals surface area contributed by atoms with E-state index in [-0.39, 0.29) is 18.0 Å². The van der Waals surface area contributed by atoms with Crippen LogP contribution in [0.1, 0.15) is 12.6 Å². The van der Waals surface area contributed by atoms with E-state index in [0.29, 0.717) is 36.7 Å². The molecule has 1 fully saturated rings. The number of nitrogens with one attached hydrogen (secondary N) is 1. The Balaban J connectivity index is 1.54. The van der Waals surface area contributed by atoms with Gasteiger partial charge in [0, 0.05) is 32.7 Å². The first-order valence-electron chi connectivity index (χ1n) is 9.81. The molecular weight excluding hydrogens is 384 g/mol. The first kappa shape index (κ1) is 19.7. The van der Waals surface area contributed by atoms with Crippen molar-refractivity contribution in [3.8, 4) is 5.75 Å². The van der Waals surface area contributed by atoms with E-state index in [1.54, 1.807) is 16.7 Å². The molecule has 3 N–H and O–H groups in total. The lowest BCUT2D eigenvalue weighted by Gasteiger charge is -2.40. The van der Waals surface area contributed by atoms with Crippen LogP contribution in [0.4, 0.5) is 22.2 Å². The normalized spacial score (nSPS) is 16.7. The number of carbonyl (C=O) groups excluding carboxylic acids is 1. The average molecular weight is 410 g/mol. The number of para-hydroxylation sites is 2. The molecule has 30 heavy (non-hydrogen) atoms. The third kappa shape index (κ3) is 3.44. The molecule has 10 nitrogen and oxygen atoms in total. The quantitative estimate of drug-likeness (QED) is 0.679. The van der Waals surface area contributed by atoms with Crippen LogP contribution >= 0.6 is 0 Å². The predicted octanol–water partition coefficient (Wildman–Crippen LogP) is 2.01. The number of nitrogens with zero attached hydrogens (tertiary/aromatic N) is 6. The number of piperazine rings is 1. The number of aryl methyl sites for hydroxylation is 2. The number of nitrogen functional groups attached to an aromatic ring is 1. The SMILES string of the molecule is COc1ccccc1NC(=O)N1CCN(c2nc(N)nc3c2c(C)nn3C)[C@@H](C)C1. The maximum atomic E-state index is 12.8. The highest BCUT2D eigenvalue weighted by atomic mass is 16.5. The van der Waals surface area contributed by atoms with Gasteiger partial charge in [0.15, 0.2) is 5.65 Å². The van der Waals surface area contributed by atoms with Gasteiger partial charge in [0.1, 0.15) is 11.6 Å². The standard InChI is InChI=1S/C20H26N8O2/c1-12-11-27(20(29)22-14-7-5-6-8-15(14)30-4)9-10-28(12)18-16-13(2)25-26(3)17(16)23-19(21)24-18/h5-8,12H,9-11H2,1-4H3,(H,22,29)(H2,21,23,24)/t12-/m0/s1. The summed E-state index contributed by atoms with van der Waals surface area (Å²) in [5.41, 5.74) is 8.18. The number of carbonyl (C=O) groups is 1. The smallest absolute Gasteiger partial charge is 0.322 e. The molecule has 4 rings (SSSR count). The Morgan fingerprint density at radius 2 is 2.03 bits per heavy atom. The summed E-state index contributed by atoms with van der Waals surface area (Å²) in [7, 11) is 3.43. The highest BCUT2D eigenvalue weighted by molar-refractivity contribution is 5.92. The van der Waals surface area contributed by atoms with E-state index in [1.807, 2.05) is 38.2 Å². The van der Waals surface area contributed by atoms with Crippen molar-refractivity contribution < 1.29 is 9.53 Å². The van der Waals surface area contributed by atoms with Crippen molar-refractivity contribution >= 4 is 34.5 Å². The van der Waals surface area contributed by atoms with Crippen LogP contribution in [0.2, 0.25) is 0 Å². The van der Waals surface area contributed by atoms with E-state index in [9.17, 15) is 4.79 Å². The van der Waals surface area contributed by atoms with Crippen LogP contribution in [-0.2, 0) is 7.05 Å². The molecule has 10 heteroatoms. The maximum absolute atomic E-state index is 12.8. The zero-order valence-electron chi connectivity index (χ0n) is 17.6. The van der Waals surface area contributed by atoms with Gasteiger partial charge in [-0.2, -0.15) is 15.1 Å². The van der Waals surface area contributed by atoms with Crippen LogP contribution in [0.5, 0.6) is 5.75 Å². The number of anilines is 3. The van der Waals surface area contributed by atoms with Crippen LogP contribution in [0.25, 0.3) is 11.0 Å². The van der Waals surface area contributed by atoms with Gasteiger partial charge < -0.3 is 25.6 Å². The van der Waals surface area contributed by atoms with Crippen molar-refractivity contribution in [2.24, 2.45) is 7.05 Å². The van der Waals surface area contributed by atoms with Crippen LogP contribution in [0, 0.1) is 6.92 Å². The number of benzene rings is 1. The fourth-order valence-electron chi connectivity index (χ4n) is 3.94. The lowest BCUT2D eigenvalue weighted by molar-refractivity contribution is 0.200. The summed E-state index contributed by atoms with van der Waals surface area (Å²) in [5, 5.41) is 8.30. The maximum Gasteiger partial charge on any atom is 0.322 e. The lowest BCUT2D eigenvalue weighted by Crippen LogP contribution is -2.55. The molecule has 0 radical (unpaired) electrons. The van der Waals surface area contributed by atoms with Crippen molar-refractivity contribution in [3.63, 3.8) is 0 Å². The lowest BCUT2D eigenvalue weighted by atomic mass is 10.1. The first-order valence-corrected chi connectivity index (χ1v) is 9.81. The van der Waals surface area contributed by atoms with Crippen molar-refractivity contribution in [1.29, 1.82) is 0 Å². The zero-order chi connectivity index (χ0) is 21.4. The van der Waals surface area contributed by atoms with Crippen molar-refractivity contribution in [2.75, 3.05) is 42.7 Å². The number of nitrogens with two attached hydrogens (primary N) is 1. The van der Waals surface area contributed by atoms with E-state index in [1.165, 1.54) is 0 Å². The van der Waals surface area contributed by atoms with E-state index in [0.717, 1.165) is 16.9 Å².